The summed E-state index contributed by atoms with van der Waals surface area (Å²) < 4.78 is 0. The number of carbonyl (C=O) groups is 1. The Bertz CT molecular complexity index is 156. The largest absolute Gasteiger partial charge is 0.339 e. The lowest BCUT2D eigenvalue weighted by molar-refractivity contribution is -0.135. The molecule has 0 radical (unpaired) electrons. The lowest BCUT2D eigenvalue weighted by Gasteiger charge is -2.33. The van der Waals surface area contributed by atoms with E-state index < -0.39 is 0 Å². The second kappa shape index (κ2) is 3.22. The highest BCUT2D eigenvalue weighted by Crippen LogP contribution is 2.12. The van der Waals surface area contributed by atoms with Crippen LogP contribution in [0.1, 0.15) is 26.7 Å². The summed E-state index contributed by atoms with van der Waals surface area (Å²) in [6.45, 7) is 4.78. The second-order valence-corrected chi connectivity index (χ2v) is 3.44. The molecule has 1 heterocycles. The zero-order valence-electron chi connectivity index (χ0n) is 7.21. The Morgan fingerprint density at radius 1 is 1.64 bits per heavy atom. The number of hydrogen-bond donors (Lipinski definition) is 1. The first-order valence-corrected chi connectivity index (χ1v) is 4.16. The van der Waals surface area contributed by atoms with E-state index in [0.717, 1.165) is 13.0 Å². The van der Waals surface area contributed by atoms with Gasteiger partial charge >= 0.3 is 0 Å². The van der Waals surface area contributed by atoms with Crippen molar-refractivity contribution in [3.8, 4) is 0 Å². The van der Waals surface area contributed by atoms with Crippen molar-refractivity contribution in [2.45, 2.75) is 38.8 Å². The number of likely N-dealkylation sites (tertiary alicyclic amines) is 1. The predicted molar refractivity (Wildman–Crippen MR) is 44.1 cm³/mol. The highest BCUT2D eigenvalue weighted by Gasteiger charge is 2.24. The minimum absolute atomic E-state index is 0.190. The van der Waals surface area contributed by atoms with Gasteiger partial charge in [0.05, 0.1) is 0 Å². The summed E-state index contributed by atoms with van der Waals surface area (Å²) in [5.41, 5.74) is 5.73. The molecule has 1 amide bonds. The van der Waals surface area contributed by atoms with Gasteiger partial charge in [0.1, 0.15) is 0 Å². The van der Waals surface area contributed by atoms with Crippen LogP contribution < -0.4 is 5.73 Å². The average Bonchev–Trinajstić information content (AvgIpc) is 1.94. The van der Waals surface area contributed by atoms with Crippen LogP contribution in [0.25, 0.3) is 0 Å². The monoisotopic (exact) mass is 156 g/mol. The molecule has 0 bridgehead atoms. The number of carbonyl (C=O) groups excluding carboxylic acids is 1. The number of hydrogen-bond acceptors (Lipinski definition) is 2. The maximum Gasteiger partial charge on any atom is 0.222 e. The van der Waals surface area contributed by atoms with Crippen LogP contribution in [-0.4, -0.2) is 29.4 Å². The number of rotatable bonds is 1. The Balaban J connectivity index is 2.54. The van der Waals surface area contributed by atoms with Crippen molar-refractivity contribution in [3.05, 3.63) is 0 Å². The Labute approximate surface area is 67.5 Å². The fraction of sp³-hybridized carbons (Fsp3) is 0.875. The molecular weight excluding hydrogens is 140 g/mol. The number of amides is 1. The van der Waals surface area contributed by atoms with Gasteiger partial charge in [-0.3, -0.25) is 4.79 Å². The SMILES string of the molecule is CC(C)N1CC(N)CCC1=O. The second-order valence-electron chi connectivity index (χ2n) is 3.44. The summed E-state index contributed by atoms with van der Waals surface area (Å²) >= 11 is 0. The third-order valence-electron chi connectivity index (χ3n) is 2.10. The van der Waals surface area contributed by atoms with Gasteiger partial charge in [0, 0.05) is 25.0 Å². The topological polar surface area (TPSA) is 46.3 Å². The van der Waals surface area contributed by atoms with Gasteiger partial charge in [0.2, 0.25) is 5.91 Å². The number of nitrogens with two attached hydrogens (primary N) is 1. The van der Waals surface area contributed by atoms with Crippen LogP contribution in [0.4, 0.5) is 0 Å². The first kappa shape index (κ1) is 8.53. The zero-order valence-corrected chi connectivity index (χ0v) is 7.21. The molecule has 1 fully saturated rings. The Morgan fingerprint density at radius 2 is 2.27 bits per heavy atom. The molecule has 3 nitrogen and oxygen atoms in total. The van der Waals surface area contributed by atoms with E-state index >= 15 is 0 Å². The van der Waals surface area contributed by atoms with Gasteiger partial charge in [-0.05, 0) is 20.3 Å². The lowest BCUT2D eigenvalue weighted by Crippen LogP contribution is -2.49. The molecule has 0 aromatic heterocycles. The van der Waals surface area contributed by atoms with Gasteiger partial charge in [0.25, 0.3) is 0 Å². The van der Waals surface area contributed by atoms with Crippen molar-refractivity contribution < 1.29 is 4.79 Å². The van der Waals surface area contributed by atoms with Crippen LogP contribution in [0, 0.1) is 0 Å². The molecule has 1 atom stereocenters. The average molecular weight is 156 g/mol. The summed E-state index contributed by atoms with van der Waals surface area (Å²) in [5.74, 6) is 0.252. The molecule has 64 valence electrons. The van der Waals surface area contributed by atoms with Crippen molar-refractivity contribution >= 4 is 5.91 Å². The van der Waals surface area contributed by atoms with E-state index in [9.17, 15) is 4.79 Å². The highest BCUT2D eigenvalue weighted by molar-refractivity contribution is 5.77. The van der Waals surface area contributed by atoms with Crippen LogP contribution in [0.3, 0.4) is 0 Å². The quantitative estimate of drug-likeness (QED) is 0.595. The molecule has 1 aliphatic rings. The Kier molecular flexibility index (Phi) is 2.49. The summed E-state index contributed by atoms with van der Waals surface area (Å²) in [7, 11) is 0. The van der Waals surface area contributed by atoms with Gasteiger partial charge in [-0.25, -0.2) is 0 Å². The Morgan fingerprint density at radius 3 is 2.73 bits per heavy atom. The van der Waals surface area contributed by atoms with Crippen LogP contribution in [0.2, 0.25) is 0 Å². The van der Waals surface area contributed by atoms with Gasteiger partial charge < -0.3 is 10.6 Å². The molecule has 11 heavy (non-hydrogen) atoms. The standard InChI is InChI=1S/C8H16N2O/c1-6(2)10-5-7(9)3-4-8(10)11/h6-7H,3-5,9H2,1-2H3. The molecule has 1 rings (SSSR count). The van der Waals surface area contributed by atoms with Crippen LogP contribution in [0.5, 0.6) is 0 Å². The summed E-state index contributed by atoms with van der Waals surface area (Å²) in [6, 6.07) is 0.490. The Hall–Kier alpha value is -0.570. The molecular formula is C8H16N2O. The number of piperidine rings is 1. The molecule has 0 saturated carbocycles. The molecule has 1 saturated heterocycles. The fourth-order valence-corrected chi connectivity index (χ4v) is 1.40. The molecule has 0 aromatic carbocycles. The predicted octanol–water partition coefficient (Wildman–Crippen LogP) is 0.344. The van der Waals surface area contributed by atoms with E-state index in [1.54, 1.807) is 0 Å². The van der Waals surface area contributed by atoms with Gasteiger partial charge in [-0.1, -0.05) is 0 Å². The van der Waals surface area contributed by atoms with E-state index in [1.807, 2.05) is 18.7 Å². The summed E-state index contributed by atoms with van der Waals surface area (Å²) in [6.07, 6.45) is 1.47. The van der Waals surface area contributed by atoms with Crippen molar-refractivity contribution in [3.63, 3.8) is 0 Å². The van der Waals surface area contributed by atoms with Crippen LogP contribution in [-0.2, 0) is 4.79 Å². The first-order valence-electron chi connectivity index (χ1n) is 4.16. The minimum atomic E-state index is 0.190. The third-order valence-corrected chi connectivity index (χ3v) is 2.10. The van der Waals surface area contributed by atoms with Gasteiger partial charge in [0.15, 0.2) is 0 Å². The third kappa shape index (κ3) is 1.93. The van der Waals surface area contributed by atoms with Crippen LogP contribution >= 0.6 is 0 Å². The molecule has 1 aliphatic heterocycles. The van der Waals surface area contributed by atoms with E-state index in [-0.39, 0.29) is 11.9 Å². The van der Waals surface area contributed by atoms with E-state index in [0.29, 0.717) is 12.5 Å². The maximum atomic E-state index is 11.3. The molecule has 0 aliphatic carbocycles. The highest BCUT2D eigenvalue weighted by atomic mass is 16.2. The minimum Gasteiger partial charge on any atom is -0.339 e. The van der Waals surface area contributed by atoms with E-state index in [1.165, 1.54) is 0 Å². The molecule has 0 spiro atoms. The van der Waals surface area contributed by atoms with Crippen LogP contribution in [0.15, 0.2) is 0 Å². The normalized spacial score (nSPS) is 26.4. The summed E-state index contributed by atoms with van der Waals surface area (Å²) in [5, 5.41) is 0. The smallest absolute Gasteiger partial charge is 0.222 e. The van der Waals surface area contributed by atoms with Crippen molar-refractivity contribution in [2.24, 2.45) is 5.73 Å². The molecule has 2 N–H and O–H groups in total. The zero-order chi connectivity index (χ0) is 8.43. The molecule has 1 unspecified atom stereocenters. The van der Waals surface area contributed by atoms with Crippen molar-refractivity contribution in [1.29, 1.82) is 0 Å². The maximum absolute atomic E-state index is 11.3. The van der Waals surface area contributed by atoms with E-state index in [4.69, 9.17) is 5.73 Å². The van der Waals surface area contributed by atoms with E-state index in [2.05, 4.69) is 0 Å². The molecule has 3 heteroatoms. The number of nitrogens with zero attached hydrogens (tertiary/aromatic N) is 1. The van der Waals surface area contributed by atoms with Crippen molar-refractivity contribution in [1.82, 2.24) is 4.90 Å². The van der Waals surface area contributed by atoms with Gasteiger partial charge in [-0.15, -0.1) is 0 Å². The van der Waals surface area contributed by atoms with Crippen molar-refractivity contribution in [2.75, 3.05) is 6.54 Å². The van der Waals surface area contributed by atoms with Gasteiger partial charge in [-0.2, -0.15) is 0 Å². The summed E-state index contributed by atoms with van der Waals surface area (Å²) in [4.78, 5) is 13.1. The first-order chi connectivity index (χ1) is 5.11. The fourth-order valence-electron chi connectivity index (χ4n) is 1.40. The lowest BCUT2D eigenvalue weighted by atomic mass is 10.0. The molecule has 0 aromatic rings.